The second-order valence-corrected chi connectivity index (χ2v) is 7.48. The number of carbonyl (C=O) groups is 1. The molecule has 0 spiro atoms. The minimum absolute atomic E-state index is 0.0830. The molecule has 2 aromatic heterocycles. The van der Waals surface area contributed by atoms with Crippen molar-refractivity contribution in [3.8, 4) is 5.75 Å². The van der Waals surface area contributed by atoms with E-state index < -0.39 is 11.7 Å². The lowest BCUT2D eigenvalue weighted by molar-refractivity contribution is 0.101. The largest absolute Gasteiger partial charge is 0.488 e. The maximum absolute atomic E-state index is 13.2. The van der Waals surface area contributed by atoms with Crippen molar-refractivity contribution >= 4 is 23.5 Å². The number of carbonyl (C=O) groups excluding carboxylic acids is 1. The average Bonchev–Trinajstić information content (AvgIpc) is 3.35. The van der Waals surface area contributed by atoms with Gasteiger partial charge in [-0.15, -0.1) is 5.10 Å². The first kappa shape index (κ1) is 21.5. The van der Waals surface area contributed by atoms with Crippen molar-refractivity contribution in [2.75, 3.05) is 5.32 Å². The molecule has 4 rings (SSSR count). The van der Waals surface area contributed by atoms with Crippen LogP contribution < -0.4 is 10.1 Å². The van der Waals surface area contributed by atoms with Crippen molar-refractivity contribution in [2.45, 2.75) is 27.0 Å². The molecule has 0 saturated heterocycles. The summed E-state index contributed by atoms with van der Waals surface area (Å²) in [7, 11) is 0. The van der Waals surface area contributed by atoms with Crippen LogP contribution in [0.3, 0.4) is 0 Å². The van der Waals surface area contributed by atoms with Crippen LogP contribution in [0, 0.1) is 19.7 Å². The molecule has 0 atom stereocenters. The molecule has 164 valence electrons. The van der Waals surface area contributed by atoms with E-state index in [0.717, 1.165) is 5.56 Å². The van der Waals surface area contributed by atoms with Gasteiger partial charge in [0, 0.05) is 5.02 Å². The molecule has 0 saturated carbocycles. The van der Waals surface area contributed by atoms with Gasteiger partial charge in [0.25, 0.3) is 5.91 Å². The SMILES string of the molecule is Cc1ccccc1OCc1c(C(=O)Nc2ncn(Cc3ccc(F)cc3Cl)n2)noc1C. The fourth-order valence-electron chi connectivity index (χ4n) is 3.02. The Morgan fingerprint density at radius 3 is 2.84 bits per heavy atom. The number of amides is 1. The Bertz CT molecular complexity index is 1270. The number of aryl methyl sites for hydroxylation is 2. The van der Waals surface area contributed by atoms with Crippen LogP contribution in [0.1, 0.15) is 32.9 Å². The van der Waals surface area contributed by atoms with E-state index in [1.165, 1.54) is 23.1 Å². The third kappa shape index (κ3) is 4.78. The van der Waals surface area contributed by atoms with Gasteiger partial charge in [0.15, 0.2) is 5.69 Å². The van der Waals surface area contributed by atoms with E-state index in [2.05, 4.69) is 20.6 Å². The Labute approximate surface area is 188 Å². The number of anilines is 1. The van der Waals surface area contributed by atoms with Crippen LogP contribution in [-0.2, 0) is 13.2 Å². The zero-order valence-corrected chi connectivity index (χ0v) is 18.1. The van der Waals surface area contributed by atoms with Gasteiger partial charge >= 0.3 is 0 Å². The Hall–Kier alpha value is -3.72. The van der Waals surface area contributed by atoms with Gasteiger partial charge in [-0.1, -0.05) is 41.0 Å². The van der Waals surface area contributed by atoms with E-state index in [4.69, 9.17) is 20.9 Å². The summed E-state index contributed by atoms with van der Waals surface area (Å²) in [5.41, 5.74) is 2.26. The predicted octanol–water partition coefficient (Wildman–Crippen LogP) is 4.56. The molecular weight excluding hydrogens is 437 g/mol. The fraction of sp³-hybridized carbons (Fsp3) is 0.182. The Morgan fingerprint density at radius 2 is 2.06 bits per heavy atom. The highest BCUT2D eigenvalue weighted by Crippen LogP contribution is 2.22. The van der Waals surface area contributed by atoms with Crippen LogP contribution in [0.4, 0.5) is 10.3 Å². The van der Waals surface area contributed by atoms with Gasteiger partial charge in [-0.3, -0.25) is 10.1 Å². The van der Waals surface area contributed by atoms with Crippen LogP contribution in [0.5, 0.6) is 5.75 Å². The van der Waals surface area contributed by atoms with Crippen LogP contribution >= 0.6 is 11.6 Å². The molecule has 1 N–H and O–H groups in total. The van der Waals surface area contributed by atoms with Gasteiger partial charge in [0.2, 0.25) is 5.95 Å². The summed E-state index contributed by atoms with van der Waals surface area (Å²) >= 11 is 6.05. The number of halogens is 2. The lowest BCUT2D eigenvalue weighted by atomic mass is 10.2. The number of hydrogen-bond donors (Lipinski definition) is 1. The summed E-state index contributed by atoms with van der Waals surface area (Å²) in [5.74, 6) is 0.324. The molecule has 0 bridgehead atoms. The Morgan fingerprint density at radius 1 is 1.25 bits per heavy atom. The third-order valence-electron chi connectivity index (χ3n) is 4.77. The molecule has 0 fully saturated rings. The number of nitrogens with zero attached hydrogens (tertiary/aromatic N) is 4. The zero-order chi connectivity index (χ0) is 22.7. The van der Waals surface area contributed by atoms with E-state index in [-0.39, 0.29) is 29.8 Å². The van der Waals surface area contributed by atoms with Crippen molar-refractivity contribution in [1.29, 1.82) is 0 Å². The highest BCUT2D eigenvalue weighted by molar-refractivity contribution is 6.31. The number of nitrogens with one attached hydrogen (secondary N) is 1. The van der Waals surface area contributed by atoms with Crippen LogP contribution in [0.2, 0.25) is 5.02 Å². The van der Waals surface area contributed by atoms with Crippen molar-refractivity contribution in [2.24, 2.45) is 0 Å². The number of aromatic nitrogens is 4. The van der Waals surface area contributed by atoms with E-state index in [9.17, 15) is 9.18 Å². The van der Waals surface area contributed by atoms with Crippen molar-refractivity contribution in [3.05, 3.63) is 87.8 Å². The number of benzene rings is 2. The lowest BCUT2D eigenvalue weighted by Crippen LogP contribution is -2.16. The maximum atomic E-state index is 13.2. The molecule has 4 aromatic rings. The normalized spacial score (nSPS) is 10.9. The summed E-state index contributed by atoms with van der Waals surface area (Å²) in [5, 5.41) is 10.9. The Kier molecular flexibility index (Phi) is 6.18. The lowest BCUT2D eigenvalue weighted by Gasteiger charge is -2.08. The molecular formula is C22H19ClFN5O3. The highest BCUT2D eigenvalue weighted by atomic mass is 35.5. The van der Waals surface area contributed by atoms with E-state index in [1.807, 2.05) is 31.2 Å². The van der Waals surface area contributed by atoms with Gasteiger partial charge in [0.1, 0.15) is 30.3 Å². The van der Waals surface area contributed by atoms with Gasteiger partial charge in [0.05, 0.1) is 12.1 Å². The minimum Gasteiger partial charge on any atom is -0.488 e. The van der Waals surface area contributed by atoms with Crippen molar-refractivity contribution in [3.63, 3.8) is 0 Å². The van der Waals surface area contributed by atoms with Crippen molar-refractivity contribution < 1.29 is 18.4 Å². The summed E-state index contributed by atoms with van der Waals surface area (Å²) < 4.78 is 25.7. The molecule has 2 heterocycles. The molecule has 8 nitrogen and oxygen atoms in total. The smallest absolute Gasteiger partial charge is 0.280 e. The average molecular weight is 456 g/mol. The number of ether oxygens (including phenoxy) is 1. The second kappa shape index (κ2) is 9.19. The van der Waals surface area contributed by atoms with Gasteiger partial charge in [-0.05, 0) is 43.2 Å². The molecule has 0 aliphatic rings. The molecule has 32 heavy (non-hydrogen) atoms. The molecule has 0 unspecified atom stereocenters. The van der Waals surface area contributed by atoms with Crippen LogP contribution in [0.15, 0.2) is 53.3 Å². The summed E-state index contributed by atoms with van der Waals surface area (Å²) in [4.78, 5) is 16.8. The first-order valence-electron chi connectivity index (χ1n) is 9.69. The van der Waals surface area contributed by atoms with Crippen LogP contribution in [-0.4, -0.2) is 25.8 Å². The monoisotopic (exact) mass is 455 g/mol. The third-order valence-corrected chi connectivity index (χ3v) is 5.13. The topological polar surface area (TPSA) is 95.1 Å². The van der Waals surface area contributed by atoms with E-state index >= 15 is 0 Å². The number of rotatable bonds is 7. The van der Waals surface area contributed by atoms with Gasteiger partial charge < -0.3 is 9.26 Å². The molecule has 10 heteroatoms. The minimum atomic E-state index is -0.525. The van der Waals surface area contributed by atoms with Gasteiger partial charge in [-0.25, -0.2) is 14.1 Å². The molecule has 0 aliphatic heterocycles. The first-order valence-corrected chi connectivity index (χ1v) is 10.1. The summed E-state index contributed by atoms with van der Waals surface area (Å²) in [6.45, 7) is 4.03. The fourth-order valence-corrected chi connectivity index (χ4v) is 3.25. The predicted molar refractivity (Wildman–Crippen MR) is 115 cm³/mol. The molecule has 1 amide bonds. The Balaban J connectivity index is 1.44. The van der Waals surface area contributed by atoms with Crippen LogP contribution in [0.25, 0.3) is 0 Å². The highest BCUT2D eigenvalue weighted by Gasteiger charge is 2.22. The first-order chi connectivity index (χ1) is 15.4. The number of para-hydroxylation sites is 1. The molecule has 2 aromatic carbocycles. The van der Waals surface area contributed by atoms with Gasteiger partial charge in [-0.2, -0.15) is 0 Å². The standard InChI is InChI=1S/C22H19ClFN5O3/c1-13-5-3-4-6-19(13)31-11-17-14(2)32-28-20(17)21(30)26-22-25-12-29(27-22)10-15-7-8-16(24)9-18(15)23/h3-9,12H,10-11H2,1-2H3,(H,26,27,30). The van der Waals surface area contributed by atoms with E-state index in [0.29, 0.717) is 22.6 Å². The molecule has 0 radical (unpaired) electrons. The summed E-state index contributed by atoms with van der Waals surface area (Å²) in [6.07, 6.45) is 1.44. The zero-order valence-electron chi connectivity index (χ0n) is 17.3. The summed E-state index contributed by atoms with van der Waals surface area (Å²) in [6, 6.07) is 11.7. The van der Waals surface area contributed by atoms with Crippen molar-refractivity contribution in [1.82, 2.24) is 19.9 Å². The second-order valence-electron chi connectivity index (χ2n) is 7.08. The van der Waals surface area contributed by atoms with E-state index in [1.54, 1.807) is 13.0 Å². The molecule has 0 aliphatic carbocycles. The quantitative estimate of drug-likeness (QED) is 0.439. The number of hydrogen-bond acceptors (Lipinski definition) is 6. The maximum Gasteiger partial charge on any atom is 0.280 e.